The van der Waals surface area contributed by atoms with Crippen molar-refractivity contribution in [2.75, 3.05) is 0 Å². The van der Waals surface area contributed by atoms with Gasteiger partial charge in [0.25, 0.3) is 0 Å². The average molecular weight is 332 g/mol. The van der Waals surface area contributed by atoms with Crippen LogP contribution in [0.2, 0.25) is 5.02 Å². The van der Waals surface area contributed by atoms with Crippen LogP contribution in [0.5, 0.6) is 0 Å². The van der Waals surface area contributed by atoms with Crippen LogP contribution in [0.1, 0.15) is 10.4 Å². The van der Waals surface area contributed by atoms with Crippen molar-refractivity contribution in [3.63, 3.8) is 0 Å². The minimum atomic E-state index is -1.40. The van der Waals surface area contributed by atoms with Crippen LogP contribution in [0.25, 0.3) is 0 Å². The highest BCUT2D eigenvalue weighted by molar-refractivity contribution is 9.11. The Hall–Kier alpha value is -0.130. The highest BCUT2D eigenvalue weighted by Gasteiger charge is 2.20. The van der Waals surface area contributed by atoms with Gasteiger partial charge >= 0.3 is 5.97 Å². The van der Waals surface area contributed by atoms with E-state index in [1.165, 1.54) is 6.07 Å². The maximum atomic E-state index is 13.2. The molecule has 1 N–H and O–H groups in total. The van der Waals surface area contributed by atoms with Crippen LogP contribution >= 0.6 is 43.5 Å². The number of carboxylic acids is 1. The summed E-state index contributed by atoms with van der Waals surface area (Å²) in [5.41, 5.74) is -0.539. The summed E-state index contributed by atoms with van der Waals surface area (Å²) in [6.07, 6.45) is 0. The summed E-state index contributed by atoms with van der Waals surface area (Å²) in [6.45, 7) is 0. The Balaban J connectivity index is 3.56. The maximum absolute atomic E-state index is 13.2. The van der Waals surface area contributed by atoms with Gasteiger partial charge in [-0.1, -0.05) is 11.6 Å². The molecule has 0 aromatic heterocycles. The molecule has 0 fully saturated rings. The van der Waals surface area contributed by atoms with Crippen molar-refractivity contribution in [1.82, 2.24) is 0 Å². The zero-order valence-corrected chi connectivity index (χ0v) is 9.87. The average Bonchev–Trinajstić information content (AvgIpc) is 2.01. The molecule has 13 heavy (non-hydrogen) atoms. The minimum absolute atomic E-state index is 0.0566. The predicted octanol–water partition coefficient (Wildman–Crippen LogP) is 3.70. The summed E-state index contributed by atoms with van der Waals surface area (Å²) in [7, 11) is 0. The van der Waals surface area contributed by atoms with Crippen molar-refractivity contribution < 1.29 is 14.3 Å². The molecule has 0 radical (unpaired) electrons. The Morgan fingerprint density at radius 2 is 2.00 bits per heavy atom. The molecule has 0 aliphatic rings. The summed E-state index contributed by atoms with van der Waals surface area (Å²) in [6, 6.07) is 1.35. The second-order valence-corrected chi connectivity index (χ2v) is 4.23. The van der Waals surface area contributed by atoms with Gasteiger partial charge in [0.1, 0.15) is 5.56 Å². The standard InChI is InChI=1S/C7H2Br2ClFO2/c8-2-1-3(9)6(11)4(5(2)10)7(12)13/h1H,(H,12,13). The summed E-state index contributed by atoms with van der Waals surface area (Å²) in [5.74, 6) is -2.27. The Morgan fingerprint density at radius 1 is 1.46 bits per heavy atom. The lowest BCUT2D eigenvalue weighted by Gasteiger charge is -2.04. The van der Waals surface area contributed by atoms with Gasteiger partial charge in [-0.2, -0.15) is 0 Å². The lowest BCUT2D eigenvalue weighted by Crippen LogP contribution is -2.02. The molecule has 0 saturated heterocycles. The first kappa shape index (κ1) is 10.9. The number of hydrogen-bond donors (Lipinski definition) is 1. The largest absolute Gasteiger partial charge is 0.478 e. The van der Waals surface area contributed by atoms with Gasteiger partial charge in [0.15, 0.2) is 5.82 Å². The first-order chi connectivity index (χ1) is 5.95. The zero-order valence-electron chi connectivity index (χ0n) is 5.94. The molecule has 0 atom stereocenters. The quantitative estimate of drug-likeness (QED) is 0.796. The smallest absolute Gasteiger partial charge is 0.340 e. The van der Waals surface area contributed by atoms with E-state index in [9.17, 15) is 9.18 Å². The van der Waals surface area contributed by atoms with Gasteiger partial charge in [0, 0.05) is 4.47 Å². The minimum Gasteiger partial charge on any atom is -0.478 e. The van der Waals surface area contributed by atoms with Crippen LogP contribution in [-0.2, 0) is 0 Å². The second kappa shape index (κ2) is 3.94. The fourth-order valence-electron chi connectivity index (χ4n) is 0.761. The lowest BCUT2D eigenvalue weighted by atomic mass is 10.2. The number of carboxylic acid groups (broad SMARTS) is 1. The van der Waals surface area contributed by atoms with Crippen LogP contribution < -0.4 is 0 Å². The van der Waals surface area contributed by atoms with E-state index >= 15 is 0 Å². The van der Waals surface area contributed by atoms with E-state index in [1.54, 1.807) is 0 Å². The van der Waals surface area contributed by atoms with E-state index < -0.39 is 17.3 Å². The highest BCUT2D eigenvalue weighted by Crippen LogP contribution is 2.33. The molecule has 0 bridgehead atoms. The van der Waals surface area contributed by atoms with E-state index in [1.807, 2.05) is 0 Å². The Morgan fingerprint density at radius 3 is 2.46 bits per heavy atom. The van der Waals surface area contributed by atoms with Crippen molar-refractivity contribution in [1.29, 1.82) is 0 Å². The predicted molar refractivity (Wildman–Crippen MR) is 53.8 cm³/mol. The summed E-state index contributed by atoms with van der Waals surface area (Å²) in [4.78, 5) is 10.6. The van der Waals surface area contributed by atoms with Gasteiger partial charge in [-0.05, 0) is 37.9 Å². The van der Waals surface area contributed by atoms with Crippen LogP contribution in [0.3, 0.4) is 0 Å². The molecule has 0 heterocycles. The van der Waals surface area contributed by atoms with Gasteiger partial charge < -0.3 is 5.11 Å². The molecular weight excluding hydrogens is 330 g/mol. The molecule has 6 heteroatoms. The van der Waals surface area contributed by atoms with E-state index in [0.29, 0.717) is 4.47 Å². The highest BCUT2D eigenvalue weighted by atomic mass is 79.9. The summed E-state index contributed by atoms with van der Waals surface area (Å²) in [5, 5.41) is 8.48. The number of rotatable bonds is 1. The SMILES string of the molecule is O=C(O)c1c(F)c(Br)cc(Br)c1Cl. The van der Waals surface area contributed by atoms with Crippen LogP contribution in [0, 0.1) is 5.82 Å². The number of aromatic carboxylic acids is 1. The summed E-state index contributed by atoms with van der Waals surface area (Å²) >= 11 is 11.5. The van der Waals surface area contributed by atoms with E-state index in [2.05, 4.69) is 31.9 Å². The van der Waals surface area contributed by atoms with Crippen molar-refractivity contribution in [2.45, 2.75) is 0 Å². The first-order valence-corrected chi connectivity index (χ1v) is 4.97. The third-order valence-corrected chi connectivity index (χ3v) is 3.15. The van der Waals surface area contributed by atoms with Gasteiger partial charge in [-0.3, -0.25) is 0 Å². The molecule has 1 rings (SSSR count). The topological polar surface area (TPSA) is 37.3 Å². The van der Waals surface area contributed by atoms with E-state index in [-0.39, 0.29) is 9.50 Å². The molecule has 0 amide bonds. The normalized spacial score (nSPS) is 10.2. The molecule has 0 unspecified atom stereocenters. The third kappa shape index (κ3) is 2.03. The molecule has 70 valence electrons. The van der Waals surface area contributed by atoms with E-state index in [0.717, 1.165) is 0 Å². The fourth-order valence-corrected chi connectivity index (χ4v) is 2.14. The monoisotopic (exact) mass is 330 g/mol. The lowest BCUT2D eigenvalue weighted by molar-refractivity contribution is 0.0692. The second-order valence-electron chi connectivity index (χ2n) is 2.15. The summed E-state index contributed by atoms with van der Waals surface area (Å²) < 4.78 is 13.6. The van der Waals surface area contributed by atoms with Crippen molar-refractivity contribution in [3.05, 3.63) is 31.4 Å². The molecule has 1 aromatic rings. The van der Waals surface area contributed by atoms with Gasteiger partial charge in [-0.25, -0.2) is 9.18 Å². The molecule has 2 nitrogen and oxygen atoms in total. The van der Waals surface area contributed by atoms with Crippen LogP contribution in [0.15, 0.2) is 15.0 Å². The zero-order chi connectivity index (χ0) is 10.2. The number of carbonyl (C=O) groups is 1. The number of hydrogen-bond acceptors (Lipinski definition) is 1. The van der Waals surface area contributed by atoms with Crippen molar-refractivity contribution in [3.8, 4) is 0 Å². The van der Waals surface area contributed by atoms with E-state index in [4.69, 9.17) is 16.7 Å². The Kier molecular flexibility index (Phi) is 3.32. The van der Waals surface area contributed by atoms with Crippen LogP contribution in [0.4, 0.5) is 4.39 Å². The Bertz CT molecular complexity index is 355. The molecule has 0 saturated carbocycles. The molecule has 0 aliphatic carbocycles. The van der Waals surface area contributed by atoms with Crippen molar-refractivity contribution >= 4 is 49.4 Å². The first-order valence-electron chi connectivity index (χ1n) is 3.01. The van der Waals surface area contributed by atoms with Gasteiger partial charge in [0.05, 0.1) is 9.50 Å². The number of halogens is 4. The molecular formula is C7H2Br2ClFO2. The van der Waals surface area contributed by atoms with Crippen LogP contribution in [-0.4, -0.2) is 11.1 Å². The Labute approximate surface area is 95.0 Å². The maximum Gasteiger partial charge on any atom is 0.340 e. The van der Waals surface area contributed by atoms with Crippen molar-refractivity contribution in [2.24, 2.45) is 0 Å². The third-order valence-electron chi connectivity index (χ3n) is 1.33. The van der Waals surface area contributed by atoms with Gasteiger partial charge in [0.2, 0.25) is 0 Å². The molecule has 0 aliphatic heterocycles. The fraction of sp³-hybridized carbons (Fsp3) is 0. The number of benzene rings is 1. The molecule has 0 spiro atoms. The molecule has 1 aromatic carbocycles. The van der Waals surface area contributed by atoms with Gasteiger partial charge in [-0.15, -0.1) is 0 Å².